The lowest BCUT2D eigenvalue weighted by atomic mass is 9.54. The van der Waals surface area contributed by atoms with Gasteiger partial charge in [0, 0.05) is 17.3 Å². The molecule has 1 amide bonds. The van der Waals surface area contributed by atoms with Crippen LogP contribution in [0.4, 0.5) is 0 Å². The molecule has 1 heterocycles. The zero-order chi connectivity index (χ0) is 19.4. The predicted octanol–water partition coefficient (Wildman–Crippen LogP) is 4.36. The molecule has 1 aromatic carbocycles. The maximum atomic E-state index is 13.4. The van der Waals surface area contributed by atoms with E-state index in [1.165, 1.54) is 61.8 Å². The van der Waals surface area contributed by atoms with Crippen molar-refractivity contribution < 1.29 is 4.79 Å². The van der Waals surface area contributed by atoms with Crippen molar-refractivity contribution in [2.45, 2.75) is 70.4 Å². The Labute approximate surface area is 173 Å². The van der Waals surface area contributed by atoms with Crippen molar-refractivity contribution in [3.05, 3.63) is 52.8 Å². The molecule has 4 heteroatoms. The molecular formula is C25H31N3O. The van der Waals surface area contributed by atoms with Crippen molar-refractivity contribution in [1.82, 2.24) is 15.1 Å². The van der Waals surface area contributed by atoms with Crippen LogP contribution in [0.2, 0.25) is 0 Å². The molecule has 29 heavy (non-hydrogen) atoms. The molecule has 1 N–H and O–H groups in total. The van der Waals surface area contributed by atoms with Gasteiger partial charge in [0.2, 0.25) is 0 Å². The van der Waals surface area contributed by atoms with Crippen LogP contribution in [0.3, 0.4) is 0 Å². The molecule has 7 rings (SSSR count). The number of fused-ring (bicyclic) bond motifs is 1. The first kappa shape index (κ1) is 17.7. The molecule has 0 aliphatic heterocycles. The van der Waals surface area contributed by atoms with Gasteiger partial charge in [-0.05, 0) is 87.0 Å². The lowest BCUT2D eigenvalue weighted by Gasteiger charge is -2.54. The molecule has 4 fully saturated rings. The van der Waals surface area contributed by atoms with Gasteiger partial charge in [-0.1, -0.05) is 30.3 Å². The summed E-state index contributed by atoms with van der Waals surface area (Å²) < 4.78 is 2.11. The Hall–Kier alpha value is -2.10. The summed E-state index contributed by atoms with van der Waals surface area (Å²) in [6.45, 7) is 0.758. The smallest absolute Gasteiger partial charge is 0.272 e. The van der Waals surface area contributed by atoms with E-state index in [1.54, 1.807) is 0 Å². The molecule has 4 saturated carbocycles. The fraction of sp³-hybridized carbons (Fsp3) is 0.600. The Kier molecular flexibility index (Phi) is 4.28. The molecule has 5 aliphatic rings. The second kappa shape index (κ2) is 7.00. The Morgan fingerprint density at radius 3 is 2.38 bits per heavy atom. The van der Waals surface area contributed by atoms with Crippen molar-refractivity contribution in [2.75, 3.05) is 0 Å². The van der Waals surface area contributed by atoms with Gasteiger partial charge in [-0.3, -0.25) is 9.48 Å². The number of aromatic nitrogens is 2. The number of amides is 1. The summed E-state index contributed by atoms with van der Waals surface area (Å²) >= 11 is 0. The van der Waals surface area contributed by atoms with Crippen molar-refractivity contribution >= 4 is 5.91 Å². The van der Waals surface area contributed by atoms with Crippen LogP contribution in [0.25, 0.3) is 0 Å². The third kappa shape index (κ3) is 3.12. The minimum Gasteiger partial charge on any atom is -0.347 e. The molecule has 0 atom stereocenters. The second-order valence-electron chi connectivity index (χ2n) is 10.1. The first-order chi connectivity index (χ1) is 14.2. The van der Waals surface area contributed by atoms with Crippen molar-refractivity contribution in [3.8, 4) is 0 Å². The van der Waals surface area contributed by atoms with Gasteiger partial charge in [0.1, 0.15) is 0 Å². The van der Waals surface area contributed by atoms with Gasteiger partial charge in [0.25, 0.3) is 5.91 Å². The second-order valence-corrected chi connectivity index (χ2v) is 10.1. The van der Waals surface area contributed by atoms with E-state index in [1.807, 2.05) is 6.07 Å². The SMILES string of the molecule is O=C(NC1C2CC3CC(C2)CC1C3)c1nn(Cc2ccccc2)c2c1CCCC2. The van der Waals surface area contributed by atoms with Crippen LogP contribution in [0.1, 0.15) is 72.3 Å². The largest absolute Gasteiger partial charge is 0.347 e. The summed E-state index contributed by atoms with van der Waals surface area (Å²) in [4.78, 5) is 13.4. The van der Waals surface area contributed by atoms with E-state index >= 15 is 0 Å². The van der Waals surface area contributed by atoms with Crippen LogP contribution >= 0.6 is 0 Å². The van der Waals surface area contributed by atoms with Crippen molar-refractivity contribution in [2.24, 2.45) is 23.7 Å². The molecular weight excluding hydrogens is 358 g/mol. The van der Waals surface area contributed by atoms with E-state index in [9.17, 15) is 4.79 Å². The maximum Gasteiger partial charge on any atom is 0.272 e. The number of nitrogens with one attached hydrogen (secondary N) is 1. The van der Waals surface area contributed by atoms with Gasteiger partial charge in [0.15, 0.2) is 5.69 Å². The lowest BCUT2D eigenvalue weighted by Crippen LogP contribution is -2.56. The summed E-state index contributed by atoms with van der Waals surface area (Å²) in [7, 11) is 0. The first-order valence-electron chi connectivity index (χ1n) is 11.7. The van der Waals surface area contributed by atoms with E-state index in [2.05, 4.69) is 34.3 Å². The zero-order valence-corrected chi connectivity index (χ0v) is 17.1. The number of benzene rings is 1. The summed E-state index contributed by atoms with van der Waals surface area (Å²) in [5.74, 6) is 3.37. The normalized spacial score (nSPS) is 32.2. The lowest BCUT2D eigenvalue weighted by molar-refractivity contribution is -0.0120. The first-order valence-corrected chi connectivity index (χ1v) is 11.7. The van der Waals surface area contributed by atoms with Gasteiger partial charge in [-0.15, -0.1) is 0 Å². The van der Waals surface area contributed by atoms with E-state index in [-0.39, 0.29) is 5.91 Å². The van der Waals surface area contributed by atoms with Crippen LogP contribution in [-0.2, 0) is 19.4 Å². The highest BCUT2D eigenvalue weighted by Gasteiger charge is 2.48. The molecule has 0 spiro atoms. The predicted molar refractivity (Wildman–Crippen MR) is 113 cm³/mol. The topological polar surface area (TPSA) is 46.9 Å². The molecule has 152 valence electrons. The van der Waals surface area contributed by atoms with E-state index < -0.39 is 0 Å². The number of carbonyl (C=O) groups is 1. The Morgan fingerprint density at radius 1 is 0.966 bits per heavy atom. The van der Waals surface area contributed by atoms with Gasteiger partial charge >= 0.3 is 0 Å². The van der Waals surface area contributed by atoms with Crippen LogP contribution in [-0.4, -0.2) is 21.7 Å². The number of hydrogen-bond acceptors (Lipinski definition) is 2. The molecule has 0 unspecified atom stereocenters. The standard InChI is InChI=1S/C25H31N3O/c29-25(26-23-19-11-17-10-18(13-19)14-20(23)12-17)24-21-8-4-5-9-22(21)28(27-24)15-16-6-2-1-3-7-16/h1-3,6-7,17-20,23H,4-5,8-15H2,(H,26,29). The van der Waals surface area contributed by atoms with Crippen LogP contribution in [0.15, 0.2) is 30.3 Å². The van der Waals surface area contributed by atoms with Crippen molar-refractivity contribution in [1.29, 1.82) is 0 Å². The molecule has 0 saturated heterocycles. The monoisotopic (exact) mass is 389 g/mol. The van der Waals surface area contributed by atoms with Gasteiger partial charge in [-0.25, -0.2) is 0 Å². The van der Waals surface area contributed by atoms with Crippen LogP contribution in [0, 0.1) is 23.7 Å². The number of nitrogens with zero attached hydrogens (tertiary/aromatic N) is 2. The fourth-order valence-corrected chi connectivity index (χ4v) is 7.12. The molecule has 4 nitrogen and oxygen atoms in total. The Balaban J connectivity index is 1.26. The maximum absolute atomic E-state index is 13.4. The third-order valence-corrected chi connectivity index (χ3v) is 8.17. The average Bonchev–Trinajstić information content (AvgIpc) is 3.10. The minimum absolute atomic E-state index is 0.0902. The van der Waals surface area contributed by atoms with Gasteiger partial charge in [0.05, 0.1) is 6.54 Å². The summed E-state index contributed by atoms with van der Waals surface area (Å²) in [6, 6.07) is 10.9. The number of carbonyl (C=O) groups excluding carboxylic acids is 1. The van der Waals surface area contributed by atoms with E-state index in [0.29, 0.717) is 23.6 Å². The van der Waals surface area contributed by atoms with Crippen LogP contribution < -0.4 is 5.32 Å². The average molecular weight is 390 g/mol. The molecule has 5 aliphatic carbocycles. The quantitative estimate of drug-likeness (QED) is 0.844. The highest BCUT2D eigenvalue weighted by Crippen LogP contribution is 2.53. The summed E-state index contributed by atoms with van der Waals surface area (Å²) in [5, 5.41) is 8.37. The van der Waals surface area contributed by atoms with Gasteiger partial charge in [-0.2, -0.15) is 5.10 Å². The van der Waals surface area contributed by atoms with E-state index in [0.717, 1.165) is 31.2 Å². The summed E-state index contributed by atoms with van der Waals surface area (Å²) in [5.41, 5.74) is 4.46. The minimum atomic E-state index is 0.0902. The molecule has 4 bridgehead atoms. The summed E-state index contributed by atoms with van der Waals surface area (Å²) in [6.07, 6.45) is 11.2. The third-order valence-electron chi connectivity index (χ3n) is 8.17. The van der Waals surface area contributed by atoms with E-state index in [4.69, 9.17) is 5.10 Å². The van der Waals surface area contributed by atoms with Crippen LogP contribution in [0.5, 0.6) is 0 Å². The highest BCUT2D eigenvalue weighted by atomic mass is 16.2. The molecule has 2 aromatic rings. The Bertz CT molecular complexity index is 888. The molecule has 0 radical (unpaired) electrons. The molecule has 1 aromatic heterocycles. The zero-order valence-electron chi connectivity index (χ0n) is 17.1. The number of rotatable bonds is 4. The van der Waals surface area contributed by atoms with Crippen molar-refractivity contribution in [3.63, 3.8) is 0 Å². The number of hydrogen-bond donors (Lipinski definition) is 1. The highest BCUT2D eigenvalue weighted by molar-refractivity contribution is 5.94. The van der Waals surface area contributed by atoms with Gasteiger partial charge < -0.3 is 5.32 Å². The Morgan fingerprint density at radius 2 is 1.66 bits per heavy atom. The fourth-order valence-electron chi connectivity index (χ4n) is 7.12.